The second-order valence-electron chi connectivity index (χ2n) is 3.13. The summed E-state index contributed by atoms with van der Waals surface area (Å²) in [5, 5.41) is 9.03. The minimum absolute atomic E-state index is 0.0226. The van der Waals surface area contributed by atoms with Crippen LogP contribution in [0.3, 0.4) is 0 Å². The number of aliphatic hydroxyl groups excluding tert-OH is 1. The van der Waals surface area contributed by atoms with Crippen molar-refractivity contribution >= 4 is 11.8 Å². The molecular formula is C7H13NOS. The molecule has 10 heavy (non-hydrogen) atoms. The van der Waals surface area contributed by atoms with E-state index in [2.05, 4.69) is 4.90 Å². The normalized spacial score (nSPS) is 36.3. The van der Waals surface area contributed by atoms with Gasteiger partial charge in [0, 0.05) is 24.9 Å². The second-order valence-corrected chi connectivity index (χ2v) is 4.27. The van der Waals surface area contributed by atoms with Gasteiger partial charge in [-0.1, -0.05) is 0 Å². The summed E-state index contributed by atoms with van der Waals surface area (Å²) in [7, 11) is 0. The topological polar surface area (TPSA) is 23.5 Å². The molecule has 0 saturated carbocycles. The van der Waals surface area contributed by atoms with Gasteiger partial charge in [-0.15, -0.1) is 0 Å². The molecule has 58 valence electrons. The minimum Gasteiger partial charge on any atom is -0.390 e. The molecule has 1 unspecified atom stereocenters. The fraction of sp³-hybridized carbons (Fsp3) is 1.00. The number of rotatable bonds is 1. The van der Waals surface area contributed by atoms with Crippen LogP contribution in [0.5, 0.6) is 0 Å². The van der Waals surface area contributed by atoms with E-state index in [0.717, 1.165) is 19.1 Å². The lowest BCUT2D eigenvalue weighted by Gasteiger charge is -2.40. The van der Waals surface area contributed by atoms with Crippen molar-refractivity contribution in [3.8, 4) is 0 Å². The summed E-state index contributed by atoms with van der Waals surface area (Å²) < 4.78 is 0. The summed E-state index contributed by atoms with van der Waals surface area (Å²) in [4.78, 5) is 2.39. The lowest BCUT2D eigenvalue weighted by atomic mass is 10.1. The van der Waals surface area contributed by atoms with Crippen LogP contribution in [-0.2, 0) is 0 Å². The molecule has 1 atom stereocenters. The monoisotopic (exact) mass is 159 g/mol. The lowest BCUT2D eigenvalue weighted by Crippen LogP contribution is -2.55. The summed E-state index contributed by atoms with van der Waals surface area (Å²) in [6, 6.07) is 0.786. The molecule has 2 aliphatic heterocycles. The number of aliphatic hydroxyl groups is 1. The van der Waals surface area contributed by atoms with Crippen LogP contribution in [0, 0.1) is 0 Å². The van der Waals surface area contributed by atoms with Crippen LogP contribution in [0.15, 0.2) is 0 Å². The Balaban J connectivity index is 1.78. The van der Waals surface area contributed by atoms with Gasteiger partial charge >= 0.3 is 0 Å². The zero-order valence-electron chi connectivity index (χ0n) is 5.99. The quantitative estimate of drug-likeness (QED) is 0.590. The summed E-state index contributed by atoms with van der Waals surface area (Å²) in [6.45, 7) is 1.84. The number of hydrogen-bond donors (Lipinski definition) is 1. The van der Waals surface area contributed by atoms with Gasteiger partial charge in [0.2, 0.25) is 0 Å². The molecule has 1 N–H and O–H groups in total. The molecule has 0 aromatic carbocycles. The van der Waals surface area contributed by atoms with E-state index in [9.17, 15) is 0 Å². The van der Waals surface area contributed by atoms with Gasteiger partial charge in [0.05, 0.1) is 6.10 Å². The summed E-state index contributed by atoms with van der Waals surface area (Å²) in [6.07, 6.45) is 1.31. The largest absolute Gasteiger partial charge is 0.390 e. The van der Waals surface area contributed by atoms with Crippen molar-refractivity contribution in [3.63, 3.8) is 0 Å². The molecule has 2 saturated heterocycles. The average Bonchev–Trinajstić information content (AvgIpc) is 2.31. The lowest BCUT2D eigenvalue weighted by molar-refractivity contribution is -0.0184. The van der Waals surface area contributed by atoms with Gasteiger partial charge in [-0.25, -0.2) is 0 Å². The third-order valence-corrected chi connectivity index (χ3v) is 3.46. The van der Waals surface area contributed by atoms with Crippen LogP contribution >= 0.6 is 11.8 Å². The molecule has 0 aliphatic carbocycles. The van der Waals surface area contributed by atoms with Crippen molar-refractivity contribution in [2.75, 3.05) is 24.6 Å². The van der Waals surface area contributed by atoms with E-state index in [4.69, 9.17) is 5.11 Å². The molecule has 2 aliphatic rings. The smallest absolute Gasteiger partial charge is 0.0794 e. The van der Waals surface area contributed by atoms with E-state index in [1.807, 2.05) is 11.8 Å². The third kappa shape index (κ3) is 1.18. The predicted octanol–water partition coefficient (Wildman–Crippen LogP) is 0.168. The van der Waals surface area contributed by atoms with Gasteiger partial charge in [-0.3, -0.25) is 4.90 Å². The number of thioether (sulfide) groups is 1. The van der Waals surface area contributed by atoms with E-state index in [-0.39, 0.29) is 6.10 Å². The van der Waals surface area contributed by atoms with Crippen LogP contribution in [0.25, 0.3) is 0 Å². The number of likely N-dealkylation sites (tertiary alicyclic amines) is 1. The van der Waals surface area contributed by atoms with Crippen molar-refractivity contribution in [2.45, 2.75) is 18.6 Å². The first-order valence-electron chi connectivity index (χ1n) is 3.86. The third-order valence-electron chi connectivity index (χ3n) is 2.31. The maximum Gasteiger partial charge on any atom is 0.0794 e. The van der Waals surface area contributed by atoms with Crippen molar-refractivity contribution in [1.29, 1.82) is 0 Å². The van der Waals surface area contributed by atoms with Crippen LogP contribution in [0.4, 0.5) is 0 Å². The Morgan fingerprint density at radius 2 is 2.20 bits per heavy atom. The second kappa shape index (κ2) is 2.72. The van der Waals surface area contributed by atoms with Crippen molar-refractivity contribution in [3.05, 3.63) is 0 Å². The number of β-amino-alcohol motifs (C(OH)–C–C–N with tert-alkyl or cyclic N) is 1. The maximum absolute atomic E-state index is 9.03. The summed E-state index contributed by atoms with van der Waals surface area (Å²) in [5.74, 6) is 2.60. The molecule has 0 amide bonds. The van der Waals surface area contributed by atoms with Gasteiger partial charge in [0.25, 0.3) is 0 Å². The zero-order chi connectivity index (χ0) is 6.97. The summed E-state index contributed by atoms with van der Waals surface area (Å²) >= 11 is 2.04. The Morgan fingerprint density at radius 1 is 1.40 bits per heavy atom. The first-order chi connectivity index (χ1) is 4.86. The minimum atomic E-state index is -0.0226. The van der Waals surface area contributed by atoms with Gasteiger partial charge in [-0.2, -0.15) is 11.8 Å². The Bertz CT molecular complexity index is 119. The number of hydrogen-bond acceptors (Lipinski definition) is 3. The molecular weight excluding hydrogens is 146 g/mol. The Hall–Kier alpha value is 0.270. The van der Waals surface area contributed by atoms with E-state index in [1.165, 1.54) is 17.9 Å². The average molecular weight is 159 g/mol. The molecule has 0 radical (unpaired) electrons. The highest BCUT2D eigenvalue weighted by molar-refractivity contribution is 7.99. The molecule has 0 bridgehead atoms. The van der Waals surface area contributed by atoms with Crippen LogP contribution in [0.1, 0.15) is 6.42 Å². The van der Waals surface area contributed by atoms with Crippen molar-refractivity contribution in [2.24, 2.45) is 0 Å². The SMILES string of the molecule is OC1CN(C2CCSC2)C1. The van der Waals surface area contributed by atoms with Crippen molar-refractivity contribution < 1.29 is 5.11 Å². The molecule has 0 aromatic heterocycles. The molecule has 2 nitrogen and oxygen atoms in total. The van der Waals surface area contributed by atoms with Gasteiger partial charge in [0.15, 0.2) is 0 Å². The Labute approximate surface area is 65.6 Å². The van der Waals surface area contributed by atoms with Crippen LogP contribution in [0.2, 0.25) is 0 Å². The van der Waals surface area contributed by atoms with E-state index in [0.29, 0.717) is 0 Å². The zero-order valence-corrected chi connectivity index (χ0v) is 6.81. The maximum atomic E-state index is 9.03. The molecule has 3 heteroatoms. The predicted molar refractivity (Wildman–Crippen MR) is 43.3 cm³/mol. The Kier molecular flexibility index (Phi) is 1.89. The first kappa shape index (κ1) is 6.95. The standard InChI is InChI=1S/C7H13NOS/c9-7-3-8(4-7)6-1-2-10-5-6/h6-7,9H,1-5H2. The van der Waals surface area contributed by atoms with Gasteiger partial charge < -0.3 is 5.11 Å². The molecule has 2 fully saturated rings. The Morgan fingerprint density at radius 3 is 2.70 bits per heavy atom. The van der Waals surface area contributed by atoms with E-state index < -0.39 is 0 Å². The number of nitrogens with zero attached hydrogens (tertiary/aromatic N) is 1. The fourth-order valence-electron chi connectivity index (χ4n) is 1.60. The first-order valence-corrected chi connectivity index (χ1v) is 5.01. The van der Waals surface area contributed by atoms with Crippen LogP contribution in [-0.4, -0.2) is 46.7 Å². The molecule has 0 spiro atoms. The van der Waals surface area contributed by atoms with Gasteiger partial charge in [-0.05, 0) is 12.2 Å². The van der Waals surface area contributed by atoms with Crippen LogP contribution < -0.4 is 0 Å². The highest BCUT2D eigenvalue weighted by Crippen LogP contribution is 2.25. The summed E-state index contributed by atoms with van der Waals surface area (Å²) in [5.41, 5.74) is 0. The van der Waals surface area contributed by atoms with E-state index >= 15 is 0 Å². The highest BCUT2D eigenvalue weighted by atomic mass is 32.2. The van der Waals surface area contributed by atoms with Crippen molar-refractivity contribution in [1.82, 2.24) is 4.90 Å². The van der Waals surface area contributed by atoms with E-state index in [1.54, 1.807) is 0 Å². The highest BCUT2D eigenvalue weighted by Gasteiger charge is 2.32. The fourth-order valence-corrected chi connectivity index (χ4v) is 2.85. The van der Waals surface area contributed by atoms with Gasteiger partial charge in [0.1, 0.15) is 0 Å². The molecule has 0 aromatic rings. The molecule has 2 heterocycles. The molecule has 2 rings (SSSR count).